The Morgan fingerprint density at radius 1 is 1.06 bits per heavy atom. The van der Waals surface area contributed by atoms with Crippen LogP contribution in [-0.4, -0.2) is 51.0 Å². The molecule has 0 saturated heterocycles. The van der Waals surface area contributed by atoms with Gasteiger partial charge in [0.25, 0.3) is 10.1 Å². The number of carbonyl (C=O) groups excluding carboxylic acids is 1. The van der Waals surface area contributed by atoms with E-state index in [0.717, 1.165) is 56.9 Å². The summed E-state index contributed by atoms with van der Waals surface area (Å²) in [5, 5.41) is 17.8. The minimum atomic E-state index is -4.01. The van der Waals surface area contributed by atoms with Gasteiger partial charge in [-0.05, 0) is 37.1 Å². The molecule has 0 saturated carbocycles. The highest BCUT2D eigenvalue weighted by molar-refractivity contribution is 7.86. The lowest BCUT2D eigenvalue weighted by Crippen LogP contribution is -2.10. The Hall–Kier alpha value is -2.62. The Morgan fingerprint density at radius 3 is 2.44 bits per heavy atom. The van der Waals surface area contributed by atoms with E-state index in [2.05, 4.69) is 21.9 Å². The lowest BCUT2D eigenvalue weighted by molar-refractivity contribution is 0.0497. The normalized spacial score (nSPS) is 11.4. The minimum Gasteiger partial charge on any atom is -0.462 e. The first-order chi connectivity index (χ1) is 16.4. The predicted molar refractivity (Wildman–Crippen MR) is 130 cm³/mol. The number of benzene rings is 1. The van der Waals surface area contributed by atoms with Gasteiger partial charge in [-0.2, -0.15) is 8.42 Å². The Morgan fingerprint density at radius 2 is 1.76 bits per heavy atom. The number of rotatable bonds is 16. The third kappa shape index (κ3) is 12.6. The molecule has 1 aromatic rings. The number of terminal acetylenes is 1. The SMILES string of the molecule is C#CCOS(=O)(=O)c1cccc(C(=O)OCCCCCCCCCC#C/C(=C/CO)CCO)c1. The molecule has 0 amide bonds. The Balaban J connectivity index is 2.18. The van der Waals surface area contributed by atoms with Gasteiger partial charge in [-0.15, -0.1) is 6.42 Å². The highest BCUT2D eigenvalue weighted by atomic mass is 32.2. The summed E-state index contributed by atoms with van der Waals surface area (Å²) in [6.45, 7) is -0.138. The quantitative estimate of drug-likeness (QED) is 0.158. The molecule has 0 aliphatic heterocycles. The first-order valence-electron chi connectivity index (χ1n) is 11.4. The van der Waals surface area contributed by atoms with Crippen molar-refractivity contribution in [2.75, 3.05) is 26.4 Å². The van der Waals surface area contributed by atoms with E-state index in [1.54, 1.807) is 6.08 Å². The smallest absolute Gasteiger partial charge is 0.338 e. The van der Waals surface area contributed by atoms with Crippen LogP contribution in [0.1, 0.15) is 68.1 Å². The topological polar surface area (TPSA) is 110 Å². The summed E-state index contributed by atoms with van der Waals surface area (Å²) in [6.07, 6.45) is 14.9. The fourth-order valence-electron chi connectivity index (χ4n) is 3.03. The number of aliphatic hydroxyl groups is 2. The molecule has 34 heavy (non-hydrogen) atoms. The monoisotopic (exact) mass is 490 g/mol. The summed E-state index contributed by atoms with van der Waals surface area (Å²) in [4.78, 5) is 12.0. The van der Waals surface area contributed by atoms with Crippen LogP contribution in [0.4, 0.5) is 0 Å². The molecule has 0 heterocycles. The van der Waals surface area contributed by atoms with Gasteiger partial charge in [-0.3, -0.25) is 4.18 Å². The van der Waals surface area contributed by atoms with Crippen molar-refractivity contribution in [1.29, 1.82) is 0 Å². The molecule has 0 atom stereocenters. The molecule has 0 fully saturated rings. The van der Waals surface area contributed by atoms with Crippen molar-refractivity contribution in [2.24, 2.45) is 0 Å². The molecule has 0 spiro atoms. The second-order valence-electron chi connectivity index (χ2n) is 7.50. The van der Waals surface area contributed by atoms with Gasteiger partial charge in [-0.25, -0.2) is 4.79 Å². The van der Waals surface area contributed by atoms with Gasteiger partial charge >= 0.3 is 5.97 Å². The zero-order valence-corrected chi connectivity index (χ0v) is 20.3. The van der Waals surface area contributed by atoms with E-state index in [4.69, 9.17) is 21.4 Å². The summed E-state index contributed by atoms with van der Waals surface area (Å²) >= 11 is 0. The number of ether oxygens (including phenoxy) is 1. The molecule has 1 rings (SSSR count). The Bertz CT molecular complexity index is 978. The van der Waals surface area contributed by atoms with Gasteiger partial charge < -0.3 is 14.9 Å². The second kappa shape index (κ2) is 17.8. The van der Waals surface area contributed by atoms with Crippen LogP contribution in [0.5, 0.6) is 0 Å². The summed E-state index contributed by atoms with van der Waals surface area (Å²) < 4.78 is 33.9. The van der Waals surface area contributed by atoms with E-state index >= 15 is 0 Å². The summed E-state index contributed by atoms with van der Waals surface area (Å²) in [7, 11) is -4.01. The maximum absolute atomic E-state index is 12.2. The van der Waals surface area contributed by atoms with Gasteiger partial charge in [-0.1, -0.05) is 55.9 Å². The van der Waals surface area contributed by atoms with Crippen molar-refractivity contribution >= 4 is 16.1 Å². The number of carbonyl (C=O) groups is 1. The molecule has 0 aliphatic carbocycles. The van der Waals surface area contributed by atoms with Gasteiger partial charge in [0.05, 0.1) is 23.7 Å². The van der Waals surface area contributed by atoms with Crippen LogP contribution in [0.3, 0.4) is 0 Å². The number of unbranched alkanes of at least 4 members (excludes halogenated alkanes) is 7. The Labute approximate surface area is 203 Å². The zero-order chi connectivity index (χ0) is 25.1. The van der Waals surface area contributed by atoms with E-state index < -0.39 is 16.1 Å². The van der Waals surface area contributed by atoms with Gasteiger partial charge in [0.2, 0.25) is 0 Å². The first kappa shape index (κ1) is 29.4. The third-order valence-corrected chi connectivity index (χ3v) is 6.06. The van der Waals surface area contributed by atoms with Gasteiger partial charge in [0.1, 0.15) is 6.61 Å². The van der Waals surface area contributed by atoms with Crippen LogP contribution in [-0.2, 0) is 19.0 Å². The molecule has 1 aromatic carbocycles. The van der Waals surface area contributed by atoms with Crippen molar-refractivity contribution < 1.29 is 32.3 Å². The standard InChI is InChI=1S/C26H34O7S/c1-2-20-33-34(30,31)25-15-12-14-24(22-25)26(29)32-21-11-9-7-5-3-4-6-8-10-13-23(16-18-27)17-19-28/h1,12,14-16,22,27-28H,3-9,11,17-21H2/b23-16-. The predicted octanol–water partition coefficient (Wildman–Crippen LogP) is 3.61. The van der Waals surface area contributed by atoms with Gasteiger partial charge in [0, 0.05) is 25.0 Å². The molecule has 186 valence electrons. The maximum Gasteiger partial charge on any atom is 0.338 e. The lowest BCUT2D eigenvalue weighted by atomic mass is 10.1. The third-order valence-electron chi connectivity index (χ3n) is 4.80. The van der Waals surface area contributed by atoms with E-state index in [-0.39, 0.29) is 36.9 Å². The van der Waals surface area contributed by atoms with Crippen LogP contribution in [0.25, 0.3) is 0 Å². The average molecular weight is 491 g/mol. The van der Waals surface area contributed by atoms with Crippen molar-refractivity contribution in [3.63, 3.8) is 0 Å². The molecular formula is C26H34O7S. The van der Waals surface area contributed by atoms with E-state index in [9.17, 15) is 13.2 Å². The van der Waals surface area contributed by atoms with Crippen LogP contribution in [0, 0.1) is 24.2 Å². The van der Waals surface area contributed by atoms with Crippen molar-refractivity contribution in [3.8, 4) is 24.2 Å². The number of hydrogen-bond donors (Lipinski definition) is 2. The molecule has 0 radical (unpaired) electrons. The van der Waals surface area contributed by atoms with E-state index in [1.807, 2.05) is 0 Å². The van der Waals surface area contributed by atoms with Crippen molar-refractivity contribution in [1.82, 2.24) is 0 Å². The summed E-state index contributed by atoms with van der Waals surface area (Å²) in [5.74, 6) is 7.59. The van der Waals surface area contributed by atoms with E-state index in [1.165, 1.54) is 24.3 Å². The zero-order valence-electron chi connectivity index (χ0n) is 19.5. The molecule has 8 heteroatoms. The van der Waals surface area contributed by atoms with Crippen LogP contribution in [0.15, 0.2) is 40.8 Å². The molecule has 0 aromatic heterocycles. The molecular weight excluding hydrogens is 456 g/mol. The highest BCUT2D eigenvalue weighted by Gasteiger charge is 2.17. The number of aliphatic hydroxyl groups excluding tert-OH is 2. The van der Waals surface area contributed by atoms with Crippen LogP contribution < -0.4 is 0 Å². The summed E-state index contributed by atoms with van der Waals surface area (Å²) in [5.41, 5.74) is 0.918. The number of hydrogen-bond acceptors (Lipinski definition) is 7. The molecule has 0 aliphatic rings. The molecule has 0 unspecified atom stereocenters. The molecule has 0 bridgehead atoms. The second-order valence-corrected chi connectivity index (χ2v) is 9.11. The first-order valence-corrected chi connectivity index (χ1v) is 12.8. The van der Waals surface area contributed by atoms with Crippen LogP contribution in [0.2, 0.25) is 0 Å². The highest BCUT2D eigenvalue weighted by Crippen LogP contribution is 2.15. The van der Waals surface area contributed by atoms with E-state index in [0.29, 0.717) is 6.42 Å². The van der Waals surface area contributed by atoms with Crippen molar-refractivity contribution in [3.05, 3.63) is 41.5 Å². The van der Waals surface area contributed by atoms with Crippen LogP contribution >= 0.6 is 0 Å². The fraction of sp³-hybridized carbons (Fsp3) is 0.500. The largest absolute Gasteiger partial charge is 0.462 e. The summed E-state index contributed by atoms with van der Waals surface area (Å²) in [6, 6.07) is 5.49. The average Bonchev–Trinajstić information content (AvgIpc) is 2.83. The fourth-order valence-corrected chi connectivity index (χ4v) is 3.90. The number of esters is 1. The molecule has 2 N–H and O–H groups in total. The minimum absolute atomic E-state index is 0.0281. The Kier molecular flexibility index (Phi) is 15.4. The molecule has 7 nitrogen and oxygen atoms in total. The lowest BCUT2D eigenvalue weighted by Gasteiger charge is -2.07. The van der Waals surface area contributed by atoms with Crippen molar-refractivity contribution in [2.45, 2.75) is 62.7 Å². The van der Waals surface area contributed by atoms with Gasteiger partial charge in [0.15, 0.2) is 0 Å². The maximum atomic E-state index is 12.2.